The van der Waals surface area contributed by atoms with Crippen molar-refractivity contribution >= 4 is 17.2 Å². The molecule has 22 heavy (non-hydrogen) atoms. The van der Waals surface area contributed by atoms with Gasteiger partial charge < -0.3 is 20.9 Å². The van der Waals surface area contributed by atoms with Crippen LogP contribution in [-0.2, 0) is 0 Å². The second kappa shape index (κ2) is 5.97. The van der Waals surface area contributed by atoms with Crippen molar-refractivity contribution in [3.8, 4) is 17.2 Å². The van der Waals surface area contributed by atoms with E-state index in [1.807, 2.05) is 6.92 Å². The maximum absolute atomic E-state index is 11.9. The number of nitrogens with two attached hydrogens (primary N) is 2. The lowest BCUT2D eigenvalue weighted by atomic mass is 10.0. The van der Waals surface area contributed by atoms with Gasteiger partial charge in [0.05, 0.1) is 5.56 Å². The summed E-state index contributed by atoms with van der Waals surface area (Å²) in [6.45, 7) is 1.87. The minimum Gasteiger partial charge on any atom is -0.489 e. The fourth-order valence-electron chi connectivity index (χ4n) is 2.36. The molecule has 0 saturated carbocycles. The molecular weight excluding hydrogens is 280 g/mol. The van der Waals surface area contributed by atoms with Gasteiger partial charge in [-0.2, -0.15) is 0 Å². The number of benzene rings is 2. The number of anilines is 2. The lowest BCUT2D eigenvalue weighted by Crippen LogP contribution is -2.23. The van der Waals surface area contributed by atoms with Crippen LogP contribution >= 0.6 is 0 Å². The molecule has 2 aromatic rings. The molecular formula is C17H20N2O3. The maximum atomic E-state index is 11.9. The quantitative estimate of drug-likeness (QED) is 0.827. The Kier molecular flexibility index (Phi) is 4.26. The van der Waals surface area contributed by atoms with E-state index in [0.717, 1.165) is 0 Å². The monoisotopic (exact) mass is 300 g/mol. The topological polar surface area (TPSA) is 87.6 Å². The van der Waals surface area contributed by atoms with Crippen LogP contribution < -0.4 is 20.9 Å². The molecule has 3 rings (SSSR count). The Bertz CT molecular complexity index is 693. The third-order valence-corrected chi connectivity index (χ3v) is 3.24. The summed E-state index contributed by atoms with van der Waals surface area (Å²) in [4.78, 5) is 11.9. The molecule has 0 aromatic heterocycles. The normalized spacial score (nSPS) is 16.2. The summed E-state index contributed by atoms with van der Waals surface area (Å²) in [5.41, 5.74) is 13.1. The number of hydrogen-bond acceptors (Lipinski definition) is 5. The predicted molar refractivity (Wildman–Crippen MR) is 87.6 cm³/mol. The Morgan fingerprint density at radius 3 is 2.45 bits per heavy atom. The first kappa shape index (κ1) is 15.7. The number of Topliss-reactive ketones (excluding diaryl/α,β-unsaturated/α-hetero) is 1. The summed E-state index contributed by atoms with van der Waals surface area (Å²) in [5, 5.41) is 0. The van der Waals surface area contributed by atoms with Crippen molar-refractivity contribution in [3.63, 3.8) is 0 Å². The van der Waals surface area contributed by atoms with Gasteiger partial charge in [-0.25, -0.2) is 0 Å². The van der Waals surface area contributed by atoms with Crippen LogP contribution in [0.2, 0.25) is 0 Å². The highest BCUT2D eigenvalue weighted by atomic mass is 16.5. The number of hydrogen-bond donors (Lipinski definition) is 2. The molecule has 116 valence electrons. The molecule has 4 N–H and O–H groups in total. The first-order valence-corrected chi connectivity index (χ1v) is 6.69. The van der Waals surface area contributed by atoms with E-state index in [-0.39, 0.29) is 19.3 Å². The number of nitrogen functional groups attached to an aromatic ring is 2. The minimum absolute atomic E-state index is 0. The Morgan fingerprint density at radius 1 is 1.09 bits per heavy atom. The third-order valence-electron chi connectivity index (χ3n) is 3.24. The van der Waals surface area contributed by atoms with Crippen LogP contribution in [-0.4, -0.2) is 11.9 Å². The molecule has 0 fully saturated rings. The van der Waals surface area contributed by atoms with E-state index in [1.54, 1.807) is 36.4 Å². The number of carbonyl (C=O) groups is 1. The molecule has 0 aliphatic carbocycles. The summed E-state index contributed by atoms with van der Waals surface area (Å²) in [5.74, 6) is 1.75. The zero-order valence-corrected chi connectivity index (χ0v) is 11.6. The molecule has 2 aromatic carbocycles. The lowest BCUT2D eigenvalue weighted by Gasteiger charge is -2.22. The van der Waals surface area contributed by atoms with Crippen molar-refractivity contribution in [3.05, 3.63) is 42.0 Å². The van der Waals surface area contributed by atoms with Crippen LogP contribution in [0.3, 0.4) is 0 Å². The van der Waals surface area contributed by atoms with E-state index < -0.39 is 0 Å². The van der Waals surface area contributed by atoms with E-state index in [4.69, 9.17) is 20.9 Å². The molecule has 1 aliphatic rings. The summed E-state index contributed by atoms with van der Waals surface area (Å²) in [6.07, 6.45) is 0.280. The highest BCUT2D eigenvalue weighted by Crippen LogP contribution is 2.34. The maximum Gasteiger partial charge on any atom is 0.170 e. The average molecular weight is 300 g/mol. The van der Waals surface area contributed by atoms with E-state index >= 15 is 0 Å². The van der Waals surface area contributed by atoms with Gasteiger partial charge in [0, 0.05) is 36.0 Å². The standard InChI is InChI=1S/C16H16N2O3.CH4/c1-9-4-15(19)14-3-2-12(8-16(14)20-9)21-13-6-10(17)5-11(18)7-13;/h2-3,5-9H,4,17-18H2,1H3;1H4. The molecule has 1 heterocycles. The van der Waals surface area contributed by atoms with E-state index in [1.165, 1.54) is 0 Å². The summed E-state index contributed by atoms with van der Waals surface area (Å²) >= 11 is 0. The van der Waals surface area contributed by atoms with Gasteiger partial charge in [-0.15, -0.1) is 0 Å². The molecule has 0 saturated heterocycles. The Balaban J connectivity index is 0.00000176. The molecule has 0 amide bonds. The van der Waals surface area contributed by atoms with Gasteiger partial charge in [0.1, 0.15) is 23.4 Å². The molecule has 0 spiro atoms. The van der Waals surface area contributed by atoms with Crippen molar-refractivity contribution in [1.82, 2.24) is 0 Å². The zero-order chi connectivity index (χ0) is 15.0. The zero-order valence-electron chi connectivity index (χ0n) is 11.6. The molecule has 1 unspecified atom stereocenters. The van der Waals surface area contributed by atoms with Gasteiger partial charge >= 0.3 is 0 Å². The first-order valence-electron chi connectivity index (χ1n) is 6.69. The van der Waals surface area contributed by atoms with Gasteiger partial charge in [0.2, 0.25) is 0 Å². The third kappa shape index (κ3) is 3.14. The predicted octanol–water partition coefficient (Wildman–Crippen LogP) is 3.63. The van der Waals surface area contributed by atoms with Crippen molar-refractivity contribution < 1.29 is 14.3 Å². The Morgan fingerprint density at radius 2 is 1.77 bits per heavy atom. The fraction of sp³-hybridized carbons (Fsp3) is 0.235. The highest BCUT2D eigenvalue weighted by molar-refractivity contribution is 6.00. The molecule has 1 atom stereocenters. The van der Waals surface area contributed by atoms with Gasteiger partial charge in [0.15, 0.2) is 5.78 Å². The van der Waals surface area contributed by atoms with Crippen molar-refractivity contribution in [2.24, 2.45) is 0 Å². The number of ether oxygens (including phenoxy) is 2. The van der Waals surface area contributed by atoms with Crippen LogP contribution in [0.1, 0.15) is 31.1 Å². The van der Waals surface area contributed by atoms with Crippen LogP contribution in [0.25, 0.3) is 0 Å². The largest absolute Gasteiger partial charge is 0.489 e. The van der Waals surface area contributed by atoms with Crippen molar-refractivity contribution in [2.45, 2.75) is 26.9 Å². The van der Waals surface area contributed by atoms with Gasteiger partial charge in [-0.3, -0.25) is 4.79 Å². The van der Waals surface area contributed by atoms with Crippen LogP contribution in [0.4, 0.5) is 11.4 Å². The number of fused-ring (bicyclic) bond motifs is 1. The van der Waals surface area contributed by atoms with Crippen LogP contribution in [0.15, 0.2) is 36.4 Å². The Hall–Kier alpha value is -2.69. The van der Waals surface area contributed by atoms with Gasteiger partial charge in [-0.1, -0.05) is 7.43 Å². The van der Waals surface area contributed by atoms with Gasteiger partial charge in [0.25, 0.3) is 0 Å². The molecule has 1 aliphatic heterocycles. The SMILES string of the molecule is C.CC1CC(=O)c2ccc(Oc3cc(N)cc(N)c3)cc2O1. The molecule has 5 nitrogen and oxygen atoms in total. The smallest absolute Gasteiger partial charge is 0.170 e. The molecule has 5 heteroatoms. The second-order valence-corrected chi connectivity index (χ2v) is 5.15. The number of rotatable bonds is 2. The van der Waals surface area contributed by atoms with Crippen molar-refractivity contribution in [2.75, 3.05) is 11.5 Å². The number of carbonyl (C=O) groups excluding carboxylic acids is 1. The first-order chi connectivity index (χ1) is 10.0. The lowest BCUT2D eigenvalue weighted by molar-refractivity contribution is 0.0870. The van der Waals surface area contributed by atoms with E-state index in [0.29, 0.717) is 40.6 Å². The number of ketones is 1. The summed E-state index contributed by atoms with van der Waals surface area (Å²) in [7, 11) is 0. The minimum atomic E-state index is -0.122. The highest BCUT2D eigenvalue weighted by Gasteiger charge is 2.23. The Labute approximate surface area is 129 Å². The fourth-order valence-corrected chi connectivity index (χ4v) is 2.36. The summed E-state index contributed by atoms with van der Waals surface area (Å²) < 4.78 is 11.4. The summed E-state index contributed by atoms with van der Waals surface area (Å²) in [6, 6.07) is 10.2. The van der Waals surface area contributed by atoms with Crippen LogP contribution in [0, 0.1) is 0 Å². The van der Waals surface area contributed by atoms with Crippen LogP contribution in [0.5, 0.6) is 17.2 Å². The molecule has 0 bridgehead atoms. The van der Waals surface area contributed by atoms with E-state index in [9.17, 15) is 4.79 Å². The second-order valence-electron chi connectivity index (χ2n) is 5.15. The van der Waals surface area contributed by atoms with Gasteiger partial charge in [-0.05, 0) is 25.1 Å². The van der Waals surface area contributed by atoms with Crippen molar-refractivity contribution in [1.29, 1.82) is 0 Å². The average Bonchev–Trinajstić information content (AvgIpc) is 2.36. The van der Waals surface area contributed by atoms with E-state index in [2.05, 4.69) is 0 Å². The molecule has 0 radical (unpaired) electrons.